The second-order valence-electron chi connectivity index (χ2n) is 3.85. The van der Waals surface area contributed by atoms with E-state index >= 15 is 0 Å². The zero-order valence-electron chi connectivity index (χ0n) is 10.1. The van der Waals surface area contributed by atoms with Crippen molar-refractivity contribution in [2.45, 2.75) is 0 Å². The van der Waals surface area contributed by atoms with Gasteiger partial charge < -0.3 is 4.74 Å². The number of halogens is 2. The molecule has 0 aliphatic heterocycles. The standard InChI is InChI=1S/C14H9Cl2NO3/c15-11-3-7-13(8-4-11)20-12-5-1-10(2-6-12)9-14(16)17(18)19/h1-9H/b14-9+. The van der Waals surface area contributed by atoms with Gasteiger partial charge in [-0.3, -0.25) is 10.1 Å². The molecule has 102 valence electrons. The van der Waals surface area contributed by atoms with Crippen LogP contribution in [-0.4, -0.2) is 4.92 Å². The Bertz CT molecular complexity index is 636. The molecule has 6 heteroatoms. The van der Waals surface area contributed by atoms with Crippen molar-refractivity contribution in [1.82, 2.24) is 0 Å². The number of rotatable bonds is 4. The lowest BCUT2D eigenvalue weighted by Crippen LogP contribution is -1.90. The zero-order valence-corrected chi connectivity index (χ0v) is 11.6. The van der Waals surface area contributed by atoms with Gasteiger partial charge in [-0.1, -0.05) is 23.7 Å². The maximum Gasteiger partial charge on any atom is 0.337 e. The highest BCUT2D eigenvalue weighted by Gasteiger charge is 2.05. The number of ether oxygens (including phenoxy) is 1. The van der Waals surface area contributed by atoms with Crippen molar-refractivity contribution in [1.29, 1.82) is 0 Å². The summed E-state index contributed by atoms with van der Waals surface area (Å²) in [7, 11) is 0. The lowest BCUT2D eigenvalue weighted by atomic mass is 10.2. The molecular formula is C14H9Cl2NO3. The molecule has 2 rings (SSSR count). The minimum Gasteiger partial charge on any atom is -0.457 e. The highest BCUT2D eigenvalue weighted by atomic mass is 35.5. The SMILES string of the molecule is O=[N+]([O-])/C(Cl)=C/c1ccc(Oc2ccc(Cl)cc2)cc1. The van der Waals surface area contributed by atoms with Crippen molar-refractivity contribution in [2.24, 2.45) is 0 Å². The molecule has 0 fully saturated rings. The van der Waals surface area contributed by atoms with Gasteiger partial charge in [0.05, 0.1) is 4.92 Å². The van der Waals surface area contributed by atoms with E-state index in [1.54, 1.807) is 48.5 Å². The van der Waals surface area contributed by atoms with E-state index in [0.717, 1.165) is 0 Å². The van der Waals surface area contributed by atoms with E-state index in [-0.39, 0.29) is 0 Å². The van der Waals surface area contributed by atoms with Crippen LogP contribution in [0.25, 0.3) is 6.08 Å². The van der Waals surface area contributed by atoms with E-state index in [4.69, 9.17) is 27.9 Å². The van der Waals surface area contributed by atoms with Crippen LogP contribution in [0.4, 0.5) is 0 Å². The van der Waals surface area contributed by atoms with Crippen LogP contribution in [0.1, 0.15) is 5.56 Å². The van der Waals surface area contributed by atoms with Gasteiger partial charge in [-0.15, -0.1) is 0 Å². The third-order valence-corrected chi connectivity index (χ3v) is 2.89. The molecule has 0 heterocycles. The minimum atomic E-state index is -0.653. The summed E-state index contributed by atoms with van der Waals surface area (Å²) in [6.07, 6.45) is 1.27. The van der Waals surface area contributed by atoms with Crippen LogP contribution in [0.3, 0.4) is 0 Å². The molecule has 0 bridgehead atoms. The maximum atomic E-state index is 10.4. The largest absolute Gasteiger partial charge is 0.457 e. The molecule has 0 spiro atoms. The molecule has 0 saturated heterocycles. The molecule has 0 radical (unpaired) electrons. The third-order valence-electron chi connectivity index (χ3n) is 2.39. The monoisotopic (exact) mass is 309 g/mol. The first kappa shape index (κ1) is 14.4. The highest BCUT2D eigenvalue weighted by molar-refractivity contribution is 6.30. The summed E-state index contributed by atoms with van der Waals surface area (Å²) >= 11 is 11.2. The Labute approximate surface area is 125 Å². The first-order valence-electron chi connectivity index (χ1n) is 5.60. The van der Waals surface area contributed by atoms with E-state index in [1.807, 2.05) is 0 Å². The summed E-state index contributed by atoms with van der Waals surface area (Å²) in [5.74, 6) is 1.27. The van der Waals surface area contributed by atoms with Gasteiger partial charge in [-0.2, -0.15) is 0 Å². The quantitative estimate of drug-likeness (QED) is 0.456. The van der Waals surface area contributed by atoms with Crippen LogP contribution in [0.15, 0.2) is 53.7 Å². The number of benzene rings is 2. The third kappa shape index (κ3) is 3.98. The molecule has 0 amide bonds. The summed E-state index contributed by atoms with van der Waals surface area (Å²) in [6.45, 7) is 0. The molecule has 0 aliphatic rings. The molecule has 0 N–H and O–H groups in total. The van der Waals surface area contributed by atoms with E-state index in [9.17, 15) is 10.1 Å². The van der Waals surface area contributed by atoms with Gasteiger partial charge in [0.1, 0.15) is 11.5 Å². The van der Waals surface area contributed by atoms with Crippen molar-refractivity contribution >= 4 is 29.3 Å². The van der Waals surface area contributed by atoms with E-state index in [1.165, 1.54) is 6.08 Å². The van der Waals surface area contributed by atoms with Crippen molar-refractivity contribution in [3.63, 3.8) is 0 Å². The van der Waals surface area contributed by atoms with Crippen LogP contribution in [0, 0.1) is 10.1 Å². The van der Waals surface area contributed by atoms with Crippen LogP contribution in [0.5, 0.6) is 11.5 Å². The smallest absolute Gasteiger partial charge is 0.337 e. The molecule has 20 heavy (non-hydrogen) atoms. The molecule has 0 aromatic heterocycles. The fourth-order valence-electron chi connectivity index (χ4n) is 1.46. The Morgan fingerprint density at radius 2 is 1.55 bits per heavy atom. The Morgan fingerprint density at radius 1 is 1.05 bits per heavy atom. The fraction of sp³-hybridized carbons (Fsp3) is 0. The number of nitrogens with zero attached hydrogens (tertiary/aromatic N) is 1. The molecule has 0 aliphatic carbocycles. The summed E-state index contributed by atoms with van der Waals surface area (Å²) in [4.78, 5) is 9.76. The topological polar surface area (TPSA) is 52.4 Å². The predicted molar refractivity (Wildman–Crippen MR) is 78.8 cm³/mol. The van der Waals surface area contributed by atoms with Gasteiger partial charge in [0.25, 0.3) is 0 Å². The van der Waals surface area contributed by atoms with Crippen LogP contribution >= 0.6 is 23.2 Å². The van der Waals surface area contributed by atoms with E-state index in [2.05, 4.69) is 0 Å². The van der Waals surface area contributed by atoms with Crippen LogP contribution in [0.2, 0.25) is 5.02 Å². The van der Waals surface area contributed by atoms with Gasteiger partial charge in [-0.25, -0.2) is 0 Å². The Balaban J connectivity index is 2.10. The molecule has 0 saturated carbocycles. The molecule has 4 nitrogen and oxygen atoms in total. The maximum absolute atomic E-state index is 10.4. The predicted octanol–water partition coefficient (Wildman–Crippen LogP) is 4.95. The van der Waals surface area contributed by atoms with Crippen molar-refractivity contribution < 1.29 is 9.66 Å². The number of hydrogen-bond donors (Lipinski definition) is 0. The summed E-state index contributed by atoms with van der Waals surface area (Å²) in [5.41, 5.74) is 0.621. The van der Waals surface area contributed by atoms with Gasteiger partial charge in [0, 0.05) is 11.1 Å². The highest BCUT2D eigenvalue weighted by Crippen LogP contribution is 2.24. The summed E-state index contributed by atoms with van der Waals surface area (Å²) in [6, 6.07) is 13.7. The lowest BCUT2D eigenvalue weighted by Gasteiger charge is -2.05. The van der Waals surface area contributed by atoms with Gasteiger partial charge in [0.2, 0.25) is 0 Å². The Morgan fingerprint density at radius 3 is 2.05 bits per heavy atom. The second kappa shape index (κ2) is 6.41. The second-order valence-corrected chi connectivity index (χ2v) is 4.67. The first-order chi connectivity index (χ1) is 9.54. The number of nitro groups is 1. The molecule has 2 aromatic carbocycles. The average molecular weight is 310 g/mol. The van der Waals surface area contributed by atoms with Gasteiger partial charge in [0.15, 0.2) is 0 Å². The lowest BCUT2D eigenvalue weighted by molar-refractivity contribution is -0.410. The van der Waals surface area contributed by atoms with E-state index in [0.29, 0.717) is 22.1 Å². The molecule has 0 atom stereocenters. The number of hydrogen-bond acceptors (Lipinski definition) is 3. The molecule has 2 aromatic rings. The van der Waals surface area contributed by atoms with Crippen LogP contribution < -0.4 is 4.74 Å². The molecular weight excluding hydrogens is 301 g/mol. The first-order valence-corrected chi connectivity index (χ1v) is 6.35. The van der Waals surface area contributed by atoms with Crippen molar-refractivity contribution in [2.75, 3.05) is 0 Å². The fourth-order valence-corrected chi connectivity index (χ4v) is 1.71. The van der Waals surface area contributed by atoms with E-state index < -0.39 is 10.1 Å². The van der Waals surface area contributed by atoms with Crippen LogP contribution in [-0.2, 0) is 0 Å². The summed E-state index contributed by atoms with van der Waals surface area (Å²) in [5, 5.41) is 10.6. The summed E-state index contributed by atoms with van der Waals surface area (Å²) < 4.78 is 5.59. The van der Waals surface area contributed by atoms with Gasteiger partial charge in [-0.05, 0) is 53.6 Å². The van der Waals surface area contributed by atoms with Crippen molar-refractivity contribution in [3.8, 4) is 11.5 Å². The Hall–Kier alpha value is -2.04. The average Bonchev–Trinajstić information content (AvgIpc) is 2.43. The Kier molecular flexibility index (Phi) is 4.61. The zero-order chi connectivity index (χ0) is 14.5. The molecule has 0 unspecified atom stereocenters. The normalized spacial score (nSPS) is 11.2. The van der Waals surface area contributed by atoms with Gasteiger partial charge >= 0.3 is 5.16 Å². The minimum absolute atomic E-state index is 0.434. The van der Waals surface area contributed by atoms with Crippen molar-refractivity contribution in [3.05, 3.63) is 74.4 Å².